The fraction of sp³-hybridized carbons (Fsp3) is 0.529. The molecular weight excluding hydrogens is 362 g/mol. The summed E-state index contributed by atoms with van der Waals surface area (Å²) in [6.45, 7) is 6.21. The molecule has 2 rings (SSSR count). The minimum Gasteiger partial charge on any atom is -0.469 e. The van der Waals surface area contributed by atoms with Crippen molar-refractivity contribution in [2.75, 3.05) is 20.2 Å². The third kappa shape index (κ3) is 4.47. The first kappa shape index (κ1) is 17.8. The molecule has 0 unspecified atom stereocenters. The molecule has 0 bridgehead atoms. The number of hydrogen-bond acceptors (Lipinski definition) is 4. The van der Waals surface area contributed by atoms with Crippen LogP contribution in [0.3, 0.4) is 0 Å². The van der Waals surface area contributed by atoms with E-state index in [4.69, 9.17) is 9.47 Å². The van der Waals surface area contributed by atoms with Crippen LogP contribution in [0.5, 0.6) is 0 Å². The Kier molecular flexibility index (Phi) is 5.34. The molecule has 126 valence electrons. The summed E-state index contributed by atoms with van der Waals surface area (Å²) >= 11 is 3.45. The molecule has 1 aromatic rings. The molecule has 0 saturated carbocycles. The normalized spacial score (nSPS) is 21.2. The summed E-state index contributed by atoms with van der Waals surface area (Å²) in [5, 5.41) is 0. The van der Waals surface area contributed by atoms with Crippen LogP contribution in [0.1, 0.15) is 32.3 Å². The predicted octanol–water partition coefficient (Wildman–Crippen LogP) is 3.57. The van der Waals surface area contributed by atoms with Crippen LogP contribution in [0.4, 0.5) is 4.79 Å². The average Bonchev–Trinajstić information content (AvgIpc) is 2.90. The van der Waals surface area contributed by atoms with E-state index >= 15 is 0 Å². The first-order valence-corrected chi connectivity index (χ1v) is 8.32. The number of likely N-dealkylation sites (tertiary alicyclic amines) is 1. The number of benzene rings is 1. The number of halogens is 1. The second kappa shape index (κ2) is 6.91. The van der Waals surface area contributed by atoms with E-state index in [1.54, 1.807) is 4.90 Å². The van der Waals surface area contributed by atoms with Crippen LogP contribution in [0, 0.1) is 5.92 Å². The lowest BCUT2D eigenvalue weighted by Crippen LogP contribution is -2.36. The largest absolute Gasteiger partial charge is 0.469 e. The number of nitrogens with zero attached hydrogens (tertiary/aromatic N) is 1. The lowest BCUT2D eigenvalue weighted by molar-refractivity contribution is -0.145. The van der Waals surface area contributed by atoms with Crippen molar-refractivity contribution < 1.29 is 19.1 Å². The van der Waals surface area contributed by atoms with E-state index in [0.717, 1.165) is 10.0 Å². The molecule has 1 fully saturated rings. The fourth-order valence-electron chi connectivity index (χ4n) is 2.74. The van der Waals surface area contributed by atoms with Gasteiger partial charge in [-0.25, -0.2) is 4.79 Å². The Bertz CT molecular complexity index is 597. The Hall–Kier alpha value is -1.56. The smallest absolute Gasteiger partial charge is 0.410 e. The Labute approximate surface area is 145 Å². The molecule has 1 heterocycles. The van der Waals surface area contributed by atoms with Gasteiger partial charge in [0.25, 0.3) is 0 Å². The standard InChI is InChI=1S/C17H22BrNO4/c1-17(2,3)23-16(21)19-9-13(14(10-19)15(20)22-4)11-6-5-7-12(18)8-11/h5-8,13-14H,9-10H2,1-4H3/t13-,14+/m1/s1. The van der Waals surface area contributed by atoms with Crippen molar-refractivity contribution >= 4 is 28.0 Å². The fourth-order valence-corrected chi connectivity index (χ4v) is 3.16. The first-order chi connectivity index (χ1) is 10.7. The van der Waals surface area contributed by atoms with E-state index in [1.165, 1.54) is 7.11 Å². The van der Waals surface area contributed by atoms with E-state index in [2.05, 4.69) is 15.9 Å². The summed E-state index contributed by atoms with van der Waals surface area (Å²) in [4.78, 5) is 26.0. The lowest BCUT2D eigenvalue weighted by atomic mass is 9.89. The van der Waals surface area contributed by atoms with E-state index in [1.807, 2.05) is 45.0 Å². The van der Waals surface area contributed by atoms with Gasteiger partial charge in [-0.15, -0.1) is 0 Å². The highest BCUT2D eigenvalue weighted by Crippen LogP contribution is 2.35. The van der Waals surface area contributed by atoms with Gasteiger partial charge in [0.2, 0.25) is 0 Å². The lowest BCUT2D eigenvalue weighted by Gasteiger charge is -2.24. The van der Waals surface area contributed by atoms with Crippen molar-refractivity contribution in [2.24, 2.45) is 5.92 Å². The number of hydrogen-bond donors (Lipinski definition) is 0. The van der Waals surface area contributed by atoms with Gasteiger partial charge in [0, 0.05) is 23.5 Å². The van der Waals surface area contributed by atoms with Gasteiger partial charge < -0.3 is 14.4 Å². The van der Waals surface area contributed by atoms with Gasteiger partial charge in [0.1, 0.15) is 5.60 Å². The molecule has 1 aliphatic rings. The summed E-state index contributed by atoms with van der Waals surface area (Å²) in [5.41, 5.74) is 0.437. The van der Waals surface area contributed by atoms with Crippen molar-refractivity contribution in [2.45, 2.75) is 32.3 Å². The van der Waals surface area contributed by atoms with Gasteiger partial charge in [0.15, 0.2) is 0 Å². The van der Waals surface area contributed by atoms with Crippen LogP contribution >= 0.6 is 15.9 Å². The summed E-state index contributed by atoms with van der Waals surface area (Å²) in [6.07, 6.45) is -0.399. The minimum atomic E-state index is -0.564. The molecular formula is C17H22BrNO4. The number of ether oxygens (including phenoxy) is 2. The van der Waals surface area contributed by atoms with Crippen molar-refractivity contribution in [3.63, 3.8) is 0 Å². The Balaban J connectivity index is 2.23. The topological polar surface area (TPSA) is 55.8 Å². The SMILES string of the molecule is COC(=O)[C@H]1CN(C(=O)OC(C)(C)C)C[C@@H]1c1cccc(Br)c1. The number of rotatable bonds is 2. The van der Waals surface area contributed by atoms with Gasteiger partial charge >= 0.3 is 12.1 Å². The first-order valence-electron chi connectivity index (χ1n) is 7.52. The number of methoxy groups -OCH3 is 1. The van der Waals surface area contributed by atoms with Gasteiger partial charge in [0.05, 0.1) is 13.0 Å². The molecule has 0 radical (unpaired) electrons. The maximum absolute atomic E-state index is 12.3. The zero-order valence-corrected chi connectivity index (χ0v) is 15.4. The second-order valence-corrected chi connectivity index (χ2v) is 7.59. The molecule has 1 aromatic carbocycles. The highest BCUT2D eigenvalue weighted by Gasteiger charge is 2.42. The molecule has 2 atom stereocenters. The molecule has 0 aromatic heterocycles. The number of esters is 1. The quantitative estimate of drug-likeness (QED) is 0.732. The van der Waals surface area contributed by atoms with Crippen LogP contribution < -0.4 is 0 Å². The predicted molar refractivity (Wildman–Crippen MR) is 90.2 cm³/mol. The Morgan fingerprint density at radius 3 is 2.52 bits per heavy atom. The van der Waals surface area contributed by atoms with Crippen LogP contribution in [0.25, 0.3) is 0 Å². The minimum absolute atomic E-state index is 0.104. The van der Waals surface area contributed by atoms with Gasteiger partial charge in [-0.05, 0) is 38.5 Å². The van der Waals surface area contributed by atoms with Crippen molar-refractivity contribution in [1.29, 1.82) is 0 Å². The number of carbonyl (C=O) groups is 2. The number of carbonyl (C=O) groups excluding carboxylic acids is 2. The summed E-state index contributed by atoms with van der Waals surface area (Å²) in [7, 11) is 1.37. The summed E-state index contributed by atoms with van der Waals surface area (Å²) < 4.78 is 11.3. The molecule has 1 saturated heterocycles. The van der Waals surface area contributed by atoms with Crippen LogP contribution in [0.15, 0.2) is 28.7 Å². The third-order valence-corrected chi connectivity index (χ3v) is 4.25. The Morgan fingerprint density at radius 2 is 1.96 bits per heavy atom. The molecule has 0 aliphatic carbocycles. The van der Waals surface area contributed by atoms with E-state index in [9.17, 15) is 9.59 Å². The molecule has 0 spiro atoms. The zero-order chi connectivity index (χ0) is 17.2. The van der Waals surface area contributed by atoms with Crippen molar-refractivity contribution in [1.82, 2.24) is 4.90 Å². The van der Waals surface area contributed by atoms with Gasteiger partial charge in [-0.1, -0.05) is 28.1 Å². The van der Waals surface area contributed by atoms with E-state index in [-0.39, 0.29) is 17.8 Å². The Morgan fingerprint density at radius 1 is 1.26 bits per heavy atom. The van der Waals surface area contributed by atoms with Crippen LogP contribution in [0.2, 0.25) is 0 Å². The summed E-state index contributed by atoms with van der Waals surface area (Å²) in [6, 6.07) is 7.78. The van der Waals surface area contributed by atoms with E-state index in [0.29, 0.717) is 13.1 Å². The molecule has 23 heavy (non-hydrogen) atoms. The van der Waals surface area contributed by atoms with Crippen molar-refractivity contribution in [3.8, 4) is 0 Å². The second-order valence-electron chi connectivity index (χ2n) is 6.68. The van der Waals surface area contributed by atoms with Gasteiger partial charge in [-0.2, -0.15) is 0 Å². The van der Waals surface area contributed by atoms with Gasteiger partial charge in [-0.3, -0.25) is 4.79 Å². The monoisotopic (exact) mass is 383 g/mol. The highest BCUT2D eigenvalue weighted by atomic mass is 79.9. The van der Waals surface area contributed by atoms with Crippen LogP contribution in [-0.4, -0.2) is 42.8 Å². The molecule has 5 nitrogen and oxygen atoms in total. The maximum Gasteiger partial charge on any atom is 0.410 e. The third-order valence-electron chi connectivity index (χ3n) is 3.75. The van der Waals surface area contributed by atoms with Crippen LogP contribution in [-0.2, 0) is 14.3 Å². The molecule has 1 amide bonds. The number of amides is 1. The van der Waals surface area contributed by atoms with Crippen molar-refractivity contribution in [3.05, 3.63) is 34.3 Å². The highest BCUT2D eigenvalue weighted by molar-refractivity contribution is 9.10. The summed E-state index contributed by atoms with van der Waals surface area (Å²) in [5.74, 6) is -0.796. The van der Waals surface area contributed by atoms with E-state index < -0.39 is 11.7 Å². The average molecular weight is 384 g/mol. The molecule has 0 N–H and O–H groups in total. The molecule has 1 aliphatic heterocycles. The maximum atomic E-state index is 12.3. The molecule has 6 heteroatoms. The zero-order valence-electron chi connectivity index (χ0n) is 13.8.